The van der Waals surface area contributed by atoms with Crippen LogP contribution in [0.4, 0.5) is 4.79 Å². The molecule has 92 valence electrons. The third kappa shape index (κ3) is 2.25. The molecule has 0 saturated heterocycles. The zero-order valence-electron chi connectivity index (χ0n) is 9.94. The predicted octanol–water partition coefficient (Wildman–Crippen LogP) is 1.91. The van der Waals surface area contributed by atoms with Gasteiger partial charge in [-0.3, -0.25) is 9.55 Å². The van der Waals surface area contributed by atoms with Gasteiger partial charge >= 0.3 is 6.03 Å². The van der Waals surface area contributed by atoms with Crippen LogP contribution in [0.2, 0.25) is 0 Å². The van der Waals surface area contributed by atoms with E-state index in [9.17, 15) is 4.79 Å². The number of aromatic nitrogens is 3. The van der Waals surface area contributed by atoms with E-state index in [0.29, 0.717) is 12.6 Å². The first-order valence-corrected chi connectivity index (χ1v) is 6.03. The van der Waals surface area contributed by atoms with Crippen LogP contribution >= 0.6 is 0 Å². The zero-order chi connectivity index (χ0) is 12.4. The molecule has 0 aliphatic heterocycles. The fraction of sp³-hybridized carbons (Fsp3) is 0.308. The first-order valence-electron chi connectivity index (χ1n) is 6.03. The van der Waals surface area contributed by atoms with Gasteiger partial charge in [0.25, 0.3) is 0 Å². The summed E-state index contributed by atoms with van der Waals surface area (Å²) >= 11 is 0. The van der Waals surface area contributed by atoms with Crippen LogP contribution in [0.1, 0.15) is 18.5 Å². The van der Waals surface area contributed by atoms with E-state index in [1.807, 2.05) is 23.1 Å². The maximum atomic E-state index is 12.3. The lowest BCUT2D eigenvalue weighted by atomic mass is 10.3. The van der Waals surface area contributed by atoms with Crippen LogP contribution in [0.5, 0.6) is 0 Å². The van der Waals surface area contributed by atoms with Crippen molar-refractivity contribution in [1.82, 2.24) is 19.4 Å². The van der Waals surface area contributed by atoms with E-state index in [2.05, 4.69) is 9.97 Å². The summed E-state index contributed by atoms with van der Waals surface area (Å²) in [6.45, 7) is 0.558. The zero-order valence-corrected chi connectivity index (χ0v) is 9.94. The highest BCUT2D eigenvalue weighted by molar-refractivity contribution is 5.77. The molecule has 1 aliphatic carbocycles. The second kappa shape index (κ2) is 4.60. The molecule has 1 saturated carbocycles. The Morgan fingerprint density at radius 2 is 2.28 bits per heavy atom. The number of nitrogens with zero attached hydrogens (tertiary/aromatic N) is 4. The van der Waals surface area contributed by atoms with Crippen molar-refractivity contribution in [1.29, 1.82) is 0 Å². The molecule has 1 fully saturated rings. The van der Waals surface area contributed by atoms with E-state index in [0.717, 1.165) is 18.5 Å². The summed E-state index contributed by atoms with van der Waals surface area (Å²) in [5.41, 5.74) is 0.915. The van der Waals surface area contributed by atoms with Gasteiger partial charge < -0.3 is 4.90 Å². The molecule has 0 N–H and O–H groups in total. The fourth-order valence-electron chi connectivity index (χ4n) is 1.93. The van der Waals surface area contributed by atoms with Crippen molar-refractivity contribution in [2.45, 2.75) is 25.4 Å². The van der Waals surface area contributed by atoms with E-state index >= 15 is 0 Å². The first kappa shape index (κ1) is 11.0. The molecule has 2 heterocycles. The normalized spacial score (nSPS) is 14.4. The summed E-state index contributed by atoms with van der Waals surface area (Å²) in [5.74, 6) is 0. The van der Waals surface area contributed by atoms with Gasteiger partial charge in [-0.2, -0.15) is 0 Å². The Labute approximate surface area is 105 Å². The van der Waals surface area contributed by atoms with Crippen LogP contribution in [0, 0.1) is 0 Å². The highest BCUT2D eigenvalue weighted by atomic mass is 16.2. The molecule has 5 nitrogen and oxygen atoms in total. The second-order valence-electron chi connectivity index (χ2n) is 4.43. The largest absolute Gasteiger partial charge is 0.330 e. The maximum absolute atomic E-state index is 12.3. The minimum Gasteiger partial charge on any atom is -0.315 e. The van der Waals surface area contributed by atoms with Gasteiger partial charge in [-0.15, -0.1) is 0 Å². The Morgan fingerprint density at radius 1 is 1.39 bits per heavy atom. The molecule has 0 aromatic carbocycles. The van der Waals surface area contributed by atoms with Crippen molar-refractivity contribution in [3.8, 4) is 0 Å². The van der Waals surface area contributed by atoms with Gasteiger partial charge in [0.1, 0.15) is 6.33 Å². The van der Waals surface area contributed by atoms with E-state index in [4.69, 9.17) is 0 Å². The van der Waals surface area contributed by atoms with Crippen molar-refractivity contribution >= 4 is 6.03 Å². The molecule has 2 aromatic rings. The second-order valence-corrected chi connectivity index (χ2v) is 4.43. The number of pyridine rings is 1. The highest BCUT2D eigenvalue weighted by Gasteiger charge is 2.33. The Balaban J connectivity index is 1.79. The summed E-state index contributed by atoms with van der Waals surface area (Å²) in [6.07, 6.45) is 8.73. The molecule has 0 radical (unpaired) electrons. The van der Waals surface area contributed by atoms with E-state index < -0.39 is 0 Å². The monoisotopic (exact) mass is 242 g/mol. The molecule has 0 atom stereocenters. The van der Waals surface area contributed by atoms with Crippen molar-refractivity contribution in [2.75, 3.05) is 0 Å². The van der Waals surface area contributed by atoms with E-state index in [1.165, 1.54) is 10.9 Å². The van der Waals surface area contributed by atoms with Crippen molar-refractivity contribution in [3.63, 3.8) is 0 Å². The van der Waals surface area contributed by atoms with Crippen LogP contribution in [-0.2, 0) is 6.54 Å². The third-order valence-corrected chi connectivity index (χ3v) is 3.02. The van der Waals surface area contributed by atoms with Gasteiger partial charge in [0.05, 0.1) is 12.2 Å². The summed E-state index contributed by atoms with van der Waals surface area (Å²) in [4.78, 5) is 22.4. The van der Waals surface area contributed by atoms with Crippen molar-refractivity contribution in [2.24, 2.45) is 0 Å². The highest BCUT2D eigenvalue weighted by Crippen LogP contribution is 2.28. The number of hydrogen-bond acceptors (Lipinski definition) is 3. The standard InChI is InChI=1S/C13H14N4O/c18-13(16-8-7-14-10-16)17(12-4-5-12)9-11-3-1-2-6-15-11/h1-3,6-8,10,12H,4-5,9H2. The van der Waals surface area contributed by atoms with Gasteiger partial charge in [-0.05, 0) is 25.0 Å². The Bertz CT molecular complexity index is 519. The molecule has 18 heavy (non-hydrogen) atoms. The Kier molecular flexibility index (Phi) is 2.80. The summed E-state index contributed by atoms with van der Waals surface area (Å²) in [5, 5.41) is 0. The topological polar surface area (TPSA) is 51.0 Å². The van der Waals surface area contributed by atoms with Gasteiger partial charge in [-0.1, -0.05) is 6.07 Å². The van der Waals surface area contributed by atoms with Crippen LogP contribution < -0.4 is 0 Å². The smallest absolute Gasteiger partial charge is 0.315 e. The SMILES string of the molecule is O=C(N(Cc1ccccn1)C1CC1)n1ccnc1. The van der Waals surface area contributed by atoms with Crippen LogP contribution in [0.3, 0.4) is 0 Å². The van der Waals surface area contributed by atoms with Gasteiger partial charge in [0.15, 0.2) is 0 Å². The Morgan fingerprint density at radius 3 is 2.89 bits per heavy atom. The average Bonchev–Trinajstić information content (AvgIpc) is 3.10. The number of rotatable bonds is 3. The lowest BCUT2D eigenvalue weighted by molar-refractivity contribution is 0.193. The molecule has 0 spiro atoms. The summed E-state index contributed by atoms with van der Waals surface area (Å²) < 4.78 is 1.52. The molecule has 3 rings (SSSR count). The first-order chi connectivity index (χ1) is 8.84. The van der Waals surface area contributed by atoms with Gasteiger partial charge in [-0.25, -0.2) is 9.78 Å². The number of amides is 1. The third-order valence-electron chi connectivity index (χ3n) is 3.02. The minimum absolute atomic E-state index is 0.0272. The predicted molar refractivity (Wildman–Crippen MR) is 65.8 cm³/mol. The van der Waals surface area contributed by atoms with Crippen LogP contribution in [0.25, 0.3) is 0 Å². The molecule has 1 amide bonds. The van der Waals surface area contributed by atoms with Crippen LogP contribution in [0.15, 0.2) is 43.1 Å². The van der Waals surface area contributed by atoms with Gasteiger partial charge in [0.2, 0.25) is 0 Å². The molecule has 2 aromatic heterocycles. The lowest BCUT2D eigenvalue weighted by Gasteiger charge is -2.21. The molecule has 1 aliphatic rings. The maximum Gasteiger partial charge on any atom is 0.330 e. The fourth-order valence-corrected chi connectivity index (χ4v) is 1.93. The average molecular weight is 242 g/mol. The lowest BCUT2D eigenvalue weighted by Crippen LogP contribution is -2.35. The molecule has 0 unspecified atom stereocenters. The Hall–Kier alpha value is -2.17. The molecular formula is C13H14N4O. The number of carbonyl (C=O) groups is 1. The number of carbonyl (C=O) groups excluding carboxylic acids is 1. The van der Waals surface area contributed by atoms with Crippen molar-refractivity contribution < 1.29 is 4.79 Å². The van der Waals surface area contributed by atoms with Crippen LogP contribution in [-0.4, -0.2) is 31.5 Å². The molecular weight excluding hydrogens is 228 g/mol. The number of hydrogen-bond donors (Lipinski definition) is 0. The van der Waals surface area contributed by atoms with Gasteiger partial charge in [0, 0.05) is 24.6 Å². The summed E-state index contributed by atoms with van der Waals surface area (Å²) in [7, 11) is 0. The molecule has 0 bridgehead atoms. The molecule has 5 heteroatoms. The van der Waals surface area contributed by atoms with E-state index in [1.54, 1.807) is 18.6 Å². The minimum atomic E-state index is -0.0272. The number of imidazole rings is 1. The van der Waals surface area contributed by atoms with E-state index in [-0.39, 0.29) is 6.03 Å². The quantitative estimate of drug-likeness (QED) is 0.826. The van der Waals surface area contributed by atoms with Crippen molar-refractivity contribution in [3.05, 3.63) is 48.8 Å². The summed E-state index contributed by atoms with van der Waals surface area (Å²) in [6, 6.07) is 6.08.